The van der Waals surface area contributed by atoms with Crippen molar-refractivity contribution >= 4 is 34.2 Å². The number of aliphatic carboxylic acids is 1. The molecule has 10 heteroatoms. The minimum absolute atomic E-state index is 0.152. The lowest BCUT2D eigenvalue weighted by Crippen LogP contribution is -2.23. The van der Waals surface area contributed by atoms with E-state index in [9.17, 15) is 18.0 Å². The van der Waals surface area contributed by atoms with Gasteiger partial charge in [-0.2, -0.15) is 13.2 Å². The van der Waals surface area contributed by atoms with Crippen LogP contribution in [0.25, 0.3) is 0 Å². The van der Waals surface area contributed by atoms with E-state index in [2.05, 4.69) is 10.2 Å². The monoisotopic (exact) mass is 301 g/mol. The summed E-state index contributed by atoms with van der Waals surface area (Å²) in [5, 5.41) is 16.2. The minimum atomic E-state index is -4.21. The summed E-state index contributed by atoms with van der Waals surface area (Å²) < 4.78 is 36.5. The first-order chi connectivity index (χ1) is 8.28. The molecule has 0 fully saturated rings. The van der Waals surface area contributed by atoms with Crippen molar-refractivity contribution in [2.75, 3.05) is 24.2 Å². The van der Waals surface area contributed by atoms with Gasteiger partial charge in [0.1, 0.15) is 0 Å². The van der Waals surface area contributed by atoms with Gasteiger partial charge in [-0.15, -0.1) is 10.2 Å². The molecule has 0 saturated heterocycles. The third kappa shape index (κ3) is 5.54. The molecule has 1 aromatic rings. The number of thioether (sulfide) groups is 1. The summed E-state index contributed by atoms with van der Waals surface area (Å²) in [5.74, 6) is -1.14. The fourth-order valence-corrected chi connectivity index (χ4v) is 2.48. The van der Waals surface area contributed by atoms with Crippen molar-refractivity contribution in [1.82, 2.24) is 10.2 Å². The van der Waals surface area contributed by atoms with Crippen molar-refractivity contribution in [2.24, 2.45) is 0 Å². The summed E-state index contributed by atoms with van der Waals surface area (Å²) in [4.78, 5) is 11.7. The maximum absolute atomic E-state index is 12.0. The highest BCUT2D eigenvalue weighted by Gasteiger charge is 2.27. The number of anilines is 1. The van der Waals surface area contributed by atoms with Crippen molar-refractivity contribution in [3.8, 4) is 0 Å². The SMILES string of the molecule is CN(CCC(F)(F)F)c1nnc(SCC(=O)O)s1. The molecule has 1 heterocycles. The molecule has 0 amide bonds. The zero-order valence-corrected chi connectivity index (χ0v) is 10.9. The number of nitrogens with zero attached hydrogens (tertiary/aromatic N) is 3. The lowest BCUT2D eigenvalue weighted by Gasteiger charge is -2.15. The Kier molecular flexibility index (Phi) is 5.20. The Labute approximate surface area is 109 Å². The summed E-state index contributed by atoms with van der Waals surface area (Å²) >= 11 is 2.06. The normalized spacial score (nSPS) is 11.6. The molecule has 0 unspecified atom stereocenters. The number of hydrogen-bond acceptors (Lipinski definition) is 6. The number of carbonyl (C=O) groups is 1. The van der Waals surface area contributed by atoms with Crippen molar-refractivity contribution in [2.45, 2.75) is 16.9 Å². The Morgan fingerprint density at radius 1 is 1.50 bits per heavy atom. The van der Waals surface area contributed by atoms with E-state index in [1.807, 2.05) is 0 Å². The fraction of sp³-hybridized carbons (Fsp3) is 0.625. The van der Waals surface area contributed by atoms with Crippen LogP contribution in [0.1, 0.15) is 6.42 Å². The van der Waals surface area contributed by atoms with Crippen LogP contribution in [-0.4, -0.2) is 46.8 Å². The van der Waals surface area contributed by atoms with Crippen LogP contribution in [0, 0.1) is 0 Å². The average Bonchev–Trinajstić information content (AvgIpc) is 2.70. The zero-order chi connectivity index (χ0) is 13.8. The Morgan fingerprint density at radius 2 is 2.17 bits per heavy atom. The van der Waals surface area contributed by atoms with Gasteiger partial charge in [0, 0.05) is 13.6 Å². The van der Waals surface area contributed by atoms with Crippen LogP contribution in [0.5, 0.6) is 0 Å². The topological polar surface area (TPSA) is 66.3 Å². The van der Waals surface area contributed by atoms with Gasteiger partial charge in [-0.25, -0.2) is 0 Å². The average molecular weight is 301 g/mol. The molecule has 0 atom stereocenters. The van der Waals surface area contributed by atoms with Gasteiger partial charge < -0.3 is 10.0 Å². The van der Waals surface area contributed by atoms with Gasteiger partial charge in [-0.05, 0) is 0 Å². The largest absolute Gasteiger partial charge is 0.481 e. The maximum Gasteiger partial charge on any atom is 0.390 e. The molecule has 0 saturated carbocycles. The third-order valence-corrected chi connectivity index (χ3v) is 3.93. The smallest absolute Gasteiger partial charge is 0.390 e. The second-order valence-corrected chi connectivity index (χ2v) is 5.50. The quantitative estimate of drug-likeness (QED) is 0.812. The summed E-state index contributed by atoms with van der Waals surface area (Å²) in [6, 6.07) is 0. The molecule has 1 aromatic heterocycles. The molecule has 5 nitrogen and oxygen atoms in total. The van der Waals surface area contributed by atoms with Crippen LogP contribution in [0.2, 0.25) is 0 Å². The number of carboxylic acid groups (broad SMARTS) is 1. The molecule has 18 heavy (non-hydrogen) atoms. The maximum atomic E-state index is 12.0. The van der Waals surface area contributed by atoms with E-state index in [-0.39, 0.29) is 12.3 Å². The molecule has 0 radical (unpaired) electrons. The van der Waals surface area contributed by atoms with Gasteiger partial charge in [0.25, 0.3) is 0 Å². The van der Waals surface area contributed by atoms with Crippen molar-refractivity contribution in [3.63, 3.8) is 0 Å². The third-order valence-electron chi connectivity index (χ3n) is 1.77. The van der Waals surface area contributed by atoms with Gasteiger partial charge in [-0.1, -0.05) is 23.1 Å². The number of alkyl halides is 3. The van der Waals surface area contributed by atoms with E-state index >= 15 is 0 Å². The van der Waals surface area contributed by atoms with Crippen LogP contribution < -0.4 is 4.90 Å². The van der Waals surface area contributed by atoms with E-state index in [4.69, 9.17) is 5.11 Å². The van der Waals surface area contributed by atoms with Gasteiger partial charge in [0.15, 0.2) is 4.34 Å². The van der Waals surface area contributed by atoms with Gasteiger partial charge in [0.05, 0.1) is 12.2 Å². The number of hydrogen-bond donors (Lipinski definition) is 1. The summed E-state index contributed by atoms with van der Waals surface area (Å²) in [7, 11) is 1.48. The Morgan fingerprint density at radius 3 is 2.72 bits per heavy atom. The van der Waals surface area contributed by atoms with Crippen LogP contribution in [0.15, 0.2) is 4.34 Å². The molecule has 0 bridgehead atoms. The van der Waals surface area contributed by atoms with Gasteiger partial charge in [0.2, 0.25) is 5.13 Å². The first-order valence-corrected chi connectivity index (χ1v) is 6.54. The highest BCUT2D eigenvalue weighted by molar-refractivity contribution is 8.01. The number of carboxylic acids is 1. The Hall–Kier alpha value is -1.03. The lowest BCUT2D eigenvalue weighted by atomic mass is 10.4. The molecule has 0 spiro atoms. The second kappa shape index (κ2) is 6.23. The molecule has 0 aliphatic rings. The molecular formula is C8H10F3N3O2S2. The predicted molar refractivity (Wildman–Crippen MR) is 62.2 cm³/mol. The minimum Gasteiger partial charge on any atom is -0.481 e. The van der Waals surface area contributed by atoms with Crippen molar-refractivity contribution < 1.29 is 23.1 Å². The molecule has 0 aliphatic heterocycles. The van der Waals surface area contributed by atoms with Crippen LogP contribution >= 0.6 is 23.1 Å². The molecule has 1 rings (SSSR count). The van der Waals surface area contributed by atoms with Crippen LogP contribution in [-0.2, 0) is 4.79 Å². The first-order valence-electron chi connectivity index (χ1n) is 4.74. The molecular weight excluding hydrogens is 291 g/mol. The molecule has 0 aromatic carbocycles. The highest BCUT2D eigenvalue weighted by atomic mass is 32.2. The van der Waals surface area contributed by atoms with Gasteiger partial charge >= 0.3 is 12.1 Å². The predicted octanol–water partition coefficient (Wildman–Crippen LogP) is 2.10. The van der Waals surface area contributed by atoms with Crippen molar-refractivity contribution in [3.05, 3.63) is 0 Å². The molecule has 0 aliphatic carbocycles. The van der Waals surface area contributed by atoms with E-state index in [1.165, 1.54) is 11.9 Å². The fourth-order valence-electron chi connectivity index (χ4n) is 0.929. The Balaban J connectivity index is 2.49. The second-order valence-electron chi connectivity index (χ2n) is 3.32. The first kappa shape index (κ1) is 15.0. The van der Waals surface area contributed by atoms with Crippen LogP contribution in [0.4, 0.5) is 18.3 Å². The van der Waals surface area contributed by atoms with E-state index < -0.39 is 18.6 Å². The Bertz CT molecular complexity index is 411. The number of rotatable bonds is 6. The number of aromatic nitrogens is 2. The summed E-state index contributed by atoms with van der Waals surface area (Å²) in [6.45, 7) is -0.207. The standard InChI is InChI=1S/C8H10F3N3O2S2/c1-14(3-2-8(9,10)11)6-12-13-7(18-6)17-4-5(15)16/h2-4H2,1H3,(H,15,16). The van der Waals surface area contributed by atoms with Crippen molar-refractivity contribution in [1.29, 1.82) is 0 Å². The summed E-state index contributed by atoms with van der Waals surface area (Å²) in [6.07, 6.45) is -5.14. The van der Waals surface area contributed by atoms with Gasteiger partial charge in [-0.3, -0.25) is 4.79 Å². The number of halogens is 3. The highest BCUT2D eigenvalue weighted by Crippen LogP contribution is 2.28. The van der Waals surface area contributed by atoms with E-state index in [1.54, 1.807) is 0 Å². The summed E-state index contributed by atoms with van der Waals surface area (Å²) in [5.41, 5.74) is 0. The van der Waals surface area contributed by atoms with E-state index in [0.29, 0.717) is 9.47 Å². The van der Waals surface area contributed by atoms with E-state index in [0.717, 1.165) is 23.1 Å². The van der Waals surface area contributed by atoms with Crippen LogP contribution in [0.3, 0.4) is 0 Å². The molecule has 102 valence electrons. The molecule has 1 N–H and O–H groups in total. The lowest BCUT2D eigenvalue weighted by molar-refractivity contribution is -0.134. The zero-order valence-electron chi connectivity index (χ0n) is 9.27.